The summed E-state index contributed by atoms with van der Waals surface area (Å²) >= 11 is 0. The van der Waals surface area contributed by atoms with Gasteiger partial charge in [0.05, 0.1) is 5.69 Å². The molecule has 0 amide bonds. The number of aromatic nitrogens is 4. The molecule has 1 aliphatic heterocycles. The van der Waals surface area contributed by atoms with E-state index >= 15 is 0 Å². The molecule has 1 aromatic carbocycles. The highest BCUT2D eigenvalue weighted by Crippen LogP contribution is 2.24. The van der Waals surface area contributed by atoms with Crippen molar-refractivity contribution in [3.63, 3.8) is 0 Å². The van der Waals surface area contributed by atoms with Crippen LogP contribution in [-0.2, 0) is 13.0 Å². The summed E-state index contributed by atoms with van der Waals surface area (Å²) in [5, 5.41) is 8.15. The summed E-state index contributed by atoms with van der Waals surface area (Å²) in [6.07, 6.45) is 7.44. The topological polar surface area (TPSA) is 64.7 Å². The molecule has 0 radical (unpaired) electrons. The molecule has 3 heterocycles. The van der Waals surface area contributed by atoms with Gasteiger partial charge in [-0.2, -0.15) is 5.10 Å². The zero-order chi connectivity index (χ0) is 18.5. The fourth-order valence-electron chi connectivity index (χ4n) is 3.71. The Hall–Kier alpha value is -2.73. The Morgan fingerprint density at radius 1 is 1.07 bits per heavy atom. The van der Waals surface area contributed by atoms with Gasteiger partial charge in [-0.05, 0) is 62.5 Å². The predicted octanol–water partition coefficient (Wildman–Crippen LogP) is 2.53. The lowest BCUT2D eigenvalue weighted by Crippen LogP contribution is -2.29. The highest BCUT2D eigenvalue weighted by Gasteiger charge is 2.24. The van der Waals surface area contributed by atoms with Gasteiger partial charge >= 0.3 is 5.69 Å². The first kappa shape index (κ1) is 17.7. The van der Waals surface area contributed by atoms with Crippen molar-refractivity contribution in [2.75, 3.05) is 13.1 Å². The molecule has 2 aromatic heterocycles. The van der Waals surface area contributed by atoms with Crippen LogP contribution in [-0.4, -0.2) is 32.4 Å². The lowest BCUT2D eigenvalue weighted by molar-refractivity contribution is 0.436. The average Bonchev–Trinajstić information content (AvgIpc) is 3.06. The molecule has 27 heavy (non-hydrogen) atoms. The van der Waals surface area contributed by atoms with Gasteiger partial charge in [-0.25, -0.2) is 14.0 Å². The lowest BCUT2D eigenvalue weighted by Gasteiger charge is -2.22. The number of para-hydroxylation sites is 1. The quantitative estimate of drug-likeness (QED) is 0.731. The van der Waals surface area contributed by atoms with Gasteiger partial charge in [-0.15, -0.1) is 0 Å². The maximum Gasteiger partial charge on any atom is 0.350 e. The Kier molecular flexibility index (Phi) is 5.44. The summed E-state index contributed by atoms with van der Waals surface area (Å²) in [4.78, 5) is 17.3. The van der Waals surface area contributed by atoms with E-state index in [1.807, 2.05) is 42.6 Å². The first-order valence-electron chi connectivity index (χ1n) is 9.68. The molecule has 6 heteroatoms. The minimum atomic E-state index is -0.0408. The summed E-state index contributed by atoms with van der Waals surface area (Å²) in [5.41, 5.74) is 2.04. The smallest absolute Gasteiger partial charge is 0.317 e. The van der Waals surface area contributed by atoms with Gasteiger partial charge in [0, 0.05) is 24.9 Å². The summed E-state index contributed by atoms with van der Waals surface area (Å²) < 4.78 is 3.45. The van der Waals surface area contributed by atoms with Gasteiger partial charge in [0.25, 0.3) is 0 Å². The fraction of sp³-hybridized carbons (Fsp3) is 0.381. The number of hydrogen-bond donors (Lipinski definition) is 1. The molecule has 4 rings (SSSR count). The third-order valence-corrected chi connectivity index (χ3v) is 5.14. The van der Waals surface area contributed by atoms with Crippen molar-refractivity contribution in [1.29, 1.82) is 0 Å². The van der Waals surface area contributed by atoms with E-state index < -0.39 is 0 Å². The second-order valence-corrected chi connectivity index (χ2v) is 7.02. The first-order chi connectivity index (χ1) is 13.3. The molecule has 0 saturated carbocycles. The lowest BCUT2D eigenvalue weighted by atomic mass is 9.97. The van der Waals surface area contributed by atoms with Crippen LogP contribution < -0.4 is 11.0 Å². The van der Waals surface area contributed by atoms with Gasteiger partial charge in [-0.3, -0.25) is 4.98 Å². The Balaban J connectivity index is 1.60. The van der Waals surface area contributed by atoms with Crippen LogP contribution in [0.2, 0.25) is 0 Å². The van der Waals surface area contributed by atoms with Crippen molar-refractivity contribution in [2.24, 2.45) is 0 Å². The van der Waals surface area contributed by atoms with E-state index in [0.717, 1.165) is 50.3 Å². The third-order valence-electron chi connectivity index (χ3n) is 5.14. The van der Waals surface area contributed by atoms with Crippen molar-refractivity contribution >= 4 is 0 Å². The zero-order valence-corrected chi connectivity index (χ0v) is 15.4. The van der Waals surface area contributed by atoms with E-state index in [4.69, 9.17) is 5.10 Å². The van der Waals surface area contributed by atoms with Crippen LogP contribution in [0.15, 0.2) is 59.7 Å². The van der Waals surface area contributed by atoms with Crippen LogP contribution in [0.3, 0.4) is 0 Å². The molecule has 1 N–H and O–H groups in total. The Labute approximate surface area is 158 Å². The number of pyridine rings is 1. The van der Waals surface area contributed by atoms with Gasteiger partial charge in [0.2, 0.25) is 0 Å². The van der Waals surface area contributed by atoms with Crippen LogP contribution in [0.4, 0.5) is 0 Å². The molecule has 0 spiro atoms. The molecule has 6 nitrogen and oxygen atoms in total. The molecular formula is C21H25N5O. The normalized spacial score (nSPS) is 15.1. The van der Waals surface area contributed by atoms with Crippen LogP contribution >= 0.6 is 0 Å². The molecule has 0 bridgehead atoms. The number of piperidine rings is 1. The maximum atomic E-state index is 13.1. The summed E-state index contributed by atoms with van der Waals surface area (Å²) in [6.45, 7) is 2.56. The van der Waals surface area contributed by atoms with Gasteiger partial charge in [0.1, 0.15) is 5.82 Å². The van der Waals surface area contributed by atoms with E-state index in [0.29, 0.717) is 12.5 Å². The fourth-order valence-corrected chi connectivity index (χ4v) is 3.71. The van der Waals surface area contributed by atoms with E-state index in [1.54, 1.807) is 15.4 Å². The maximum absolute atomic E-state index is 13.1. The molecule has 1 fully saturated rings. The molecule has 1 saturated heterocycles. The second kappa shape index (κ2) is 8.31. The second-order valence-electron chi connectivity index (χ2n) is 7.02. The first-order valence-corrected chi connectivity index (χ1v) is 9.68. The van der Waals surface area contributed by atoms with Crippen molar-refractivity contribution in [3.05, 3.63) is 76.7 Å². The van der Waals surface area contributed by atoms with E-state index in [9.17, 15) is 4.79 Å². The summed E-state index contributed by atoms with van der Waals surface area (Å²) in [6, 6.07) is 13.9. The van der Waals surface area contributed by atoms with Crippen LogP contribution in [0, 0.1) is 0 Å². The molecular weight excluding hydrogens is 338 g/mol. The van der Waals surface area contributed by atoms with E-state index in [1.165, 1.54) is 5.56 Å². The standard InChI is InChI=1S/C21H25N5O/c27-21-25(15-5-7-17-6-4-12-23-16-17)24-20(18-10-13-22-14-11-18)26(21)19-8-2-1-3-9-19/h1-4,6,8-9,12,16,18,22H,5,7,10-11,13-15H2. The van der Waals surface area contributed by atoms with Crippen molar-refractivity contribution in [3.8, 4) is 5.69 Å². The predicted molar refractivity (Wildman–Crippen MR) is 105 cm³/mol. The molecule has 0 atom stereocenters. The summed E-state index contributed by atoms with van der Waals surface area (Å²) in [7, 11) is 0. The van der Waals surface area contributed by atoms with Gasteiger partial charge in [0.15, 0.2) is 0 Å². The van der Waals surface area contributed by atoms with Crippen LogP contribution in [0.5, 0.6) is 0 Å². The SMILES string of the molecule is O=c1n(CCCc2cccnc2)nc(C2CCNCC2)n1-c1ccccc1. The Morgan fingerprint density at radius 3 is 2.63 bits per heavy atom. The third kappa shape index (κ3) is 4.01. The van der Waals surface area contributed by atoms with Gasteiger partial charge in [-0.1, -0.05) is 24.3 Å². The molecule has 1 aliphatic rings. The summed E-state index contributed by atoms with van der Waals surface area (Å²) in [5.74, 6) is 1.22. The Bertz CT molecular complexity index is 911. The van der Waals surface area contributed by atoms with E-state index in [-0.39, 0.29) is 5.69 Å². The molecule has 0 aliphatic carbocycles. The monoisotopic (exact) mass is 363 g/mol. The number of rotatable bonds is 6. The Morgan fingerprint density at radius 2 is 1.89 bits per heavy atom. The van der Waals surface area contributed by atoms with Crippen molar-refractivity contribution < 1.29 is 0 Å². The molecule has 140 valence electrons. The number of nitrogens with one attached hydrogen (secondary N) is 1. The molecule has 3 aromatic rings. The number of nitrogens with zero attached hydrogens (tertiary/aromatic N) is 4. The number of hydrogen-bond acceptors (Lipinski definition) is 4. The number of benzene rings is 1. The zero-order valence-electron chi connectivity index (χ0n) is 15.4. The largest absolute Gasteiger partial charge is 0.350 e. The van der Waals surface area contributed by atoms with E-state index in [2.05, 4.69) is 16.4 Å². The highest BCUT2D eigenvalue weighted by atomic mass is 16.2. The molecule has 0 unspecified atom stereocenters. The minimum Gasteiger partial charge on any atom is -0.317 e. The average molecular weight is 363 g/mol. The van der Waals surface area contributed by atoms with Crippen LogP contribution in [0.25, 0.3) is 5.69 Å². The number of aryl methyl sites for hydroxylation is 2. The van der Waals surface area contributed by atoms with Crippen LogP contribution in [0.1, 0.15) is 36.6 Å². The highest BCUT2D eigenvalue weighted by molar-refractivity contribution is 5.33. The van der Waals surface area contributed by atoms with Crippen molar-refractivity contribution in [1.82, 2.24) is 24.6 Å². The van der Waals surface area contributed by atoms with Gasteiger partial charge < -0.3 is 5.32 Å². The van der Waals surface area contributed by atoms with Crippen molar-refractivity contribution in [2.45, 2.75) is 38.1 Å². The minimum absolute atomic E-state index is 0.0408.